The van der Waals surface area contributed by atoms with Crippen LogP contribution in [0.5, 0.6) is 5.75 Å². The Morgan fingerprint density at radius 2 is 2.38 bits per heavy atom. The fourth-order valence-corrected chi connectivity index (χ4v) is 1.59. The van der Waals surface area contributed by atoms with Crippen LogP contribution in [0.25, 0.3) is 5.65 Å². The van der Waals surface area contributed by atoms with Gasteiger partial charge in [-0.05, 0) is 15.9 Å². The second kappa shape index (κ2) is 3.63. The first kappa shape index (κ1) is 10.7. The number of aromatic hydroxyl groups is 1. The van der Waals surface area contributed by atoms with Crippen LogP contribution in [0.1, 0.15) is 10.5 Å². The van der Waals surface area contributed by atoms with Crippen molar-refractivity contribution in [1.82, 2.24) is 14.6 Å². The van der Waals surface area contributed by atoms with E-state index in [-0.39, 0.29) is 5.65 Å². The smallest absolute Gasteiger partial charge is 0.360 e. The number of carbonyl (C=O) groups excluding carboxylic acids is 1. The standard InChI is InChI=1S/C8H6BrN3O4/c1-16-8(15)4-5(13)7(14)12-6(11-4)3(9)2-10-12/h2,10,13H,1H3. The molecule has 0 radical (unpaired) electrons. The van der Waals surface area contributed by atoms with Crippen LogP contribution in [0.2, 0.25) is 0 Å². The molecule has 2 N–H and O–H groups in total. The van der Waals surface area contributed by atoms with Crippen molar-refractivity contribution >= 4 is 27.5 Å². The molecule has 8 heteroatoms. The number of hydrogen-bond acceptors (Lipinski definition) is 5. The third-order valence-corrected chi connectivity index (χ3v) is 2.56. The first-order valence-electron chi connectivity index (χ1n) is 4.13. The number of ether oxygens (including phenoxy) is 1. The molecule has 0 atom stereocenters. The highest BCUT2D eigenvalue weighted by Crippen LogP contribution is 2.17. The molecule has 16 heavy (non-hydrogen) atoms. The van der Waals surface area contributed by atoms with Gasteiger partial charge in [0.2, 0.25) is 5.75 Å². The van der Waals surface area contributed by atoms with Gasteiger partial charge in [-0.3, -0.25) is 9.89 Å². The lowest BCUT2D eigenvalue weighted by Gasteiger charge is -2.01. The van der Waals surface area contributed by atoms with Crippen molar-refractivity contribution in [2.24, 2.45) is 0 Å². The molecule has 0 spiro atoms. The van der Waals surface area contributed by atoms with Gasteiger partial charge in [0.15, 0.2) is 11.3 Å². The van der Waals surface area contributed by atoms with Crippen molar-refractivity contribution in [2.45, 2.75) is 0 Å². The number of aromatic amines is 1. The number of halogens is 1. The van der Waals surface area contributed by atoms with E-state index < -0.39 is 23.0 Å². The summed E-state index contributed by atoms with van der Waals surface area (Å²) < 4.78 is 5.90. The van der Waals surface area contributed by atoms with Crippen LogP contribution in [0.15, 0.2) is 15.5 Å². The number of esters is 1. The molecule has 2 aromatic rings. The fraction of sp³-hybridized carbons (Fsp3) is 0.125. The second-order valence-electron chi connectivity index (χ2n) is 2.89. The van der Waals surface area contributed by atoms with Crippen LogP contribution in [-0.2, 0) is 4.74 Å². The normalized spacial score (nSPS) is 10.6. The molecule has 0 aliphatic rings. The average molecular weight is 288 g/mol. The summed E-state index contributed by atoms with van der Waals surface area (Å²) in [7, 11) is 1.14. The molecule has 0 unspecified atom stereocenters. The molecule has 0 amide bonds. The minimum atomic E-state index is -0.870. The highest BCUT2D eigenvalue weighted by molar-refractivity contribution is 9.10. The third-order valence-electron chi connectivity index (χ3n) is 1.97. The van der Waals surface area contributed by atoms with Crippen LogP contribution >= 0.6 is 15.9 Å². The zero-order valence-electron chi connectivity index (χ0n) is 8.02. The monoisotopic (exact) mass is 287 g/mol. The number of hydrogen-bond donors (Lipinski definition) is 2. The zero-order valence-corrected chi connectivity index (χ0v) is 9.61. The lowest BCUT2D eigenvalue weighted by molar-refractivity contribution is 0.0590. The molecule has 2 aromatic heterocycles. The minimum absolute atomic E-state index is 0.197. The molecule has 2 heterocycles. The Bertz CT molecular complexity index is 630. The van der Waals surface area contributed by atoms with Gasteiger partial charge in [0.25, 0.3) is 0 Å². The summed E-state index contributed by atoms with van der Waals surface area (Å²) in [5.74, 6) is -1.62. The number of H-pyrrole nitrogens is 1. The Morgan fingerprint density at radius 3 is 3.00 bits per heavy atom. The lowest BCUT2D eigenvalue weighted by atomic mass is 10.3. The maximum atomic E-state index is 11.6. The predicted octanol–water partition coefficient (Wildman–Crippen LogP) is 0.277. The van der Waals surface area contributed by atoms with Crippen LogP contribution in [0, 0.1) is 0 Å². The van der Waals surface area contributed by atoms with Crippen molar-refractivity contribution in [3.8, 4) is 5.75 Å². The van der Waals surface area contributed by atoms with Gasteiger partial charge in [-0.25, -0.2) is 9.78 Å². The zero-order chi connectivity index (χ0) is 11.9. The van der Waals surface area contributed by atoms with Gasteiger partial charge in [-0.1, -0.05) is 0 Å². The Hall–Kier alpha value is -1.83. The average Bonchev–Trinajstić information content (AvgIpc) is 2.64. The molecule has 0 bridgehead atoms. The summed E-state index contributed by atoms with van der Waals surface area (Å²) in [5.41, 5.74) is -0.980. The van der Waals surface area contributed by atoms with Gasteiger partial charge in [0.1, 0.15) is 0 Å². The third kappa shape index (κ3) is 1.38. The summed E-state index contributed by atoms with van der Waals surface area (Å²) in [6.07, 6.45) is 1.46. The Labute approximate surface area is 96.8 Å². The van der Waals surface area contributed by atoms with E-state index in [4.69, 9.17) is 0 Å². The number of nitrogens with zero attached hydrogens (tertiary/aromatic N) is 2. The highest BCUT2D eigenvalue weighted by Gasteiger charge is 2.20. The SMILES string of the molecule is COC(=O)c1nc2c(Br)c[nH]n2c(=O)c1O. The van der Waals surface area contributed by atoms with Gasteiger partial charge in [-0.15, -0.1) is 0 Å². The summed E-state index contributed by atoms with van der Waals surface area (Å²) in [5, 5.41) is 12.0. The van der Waals surface area contributed by atoms with E-state index in [2.05, 4.69) is 30.7 Å². The van der Waals surface area contributed by atoms with E-state index in [1.54, 1.807) is 0 Å². The topological polar surface area (TPSA) is 96.7 Å². The van der Waals surface area contributed by atoms with E-state index in [1.807, 2.05) is 0 Å². The Balaban J connectivity index is 2.87. The van der Waals surface area contributed by atoms with E-state index in [0.717, 1.165) is 11.6 Å². The molecule has 84 valence electrons. The molecule has 0 aliphatic carbocycles. The van der Waals surface area contributed by atoms with Crippen molar-refractivity contribution in [2.75, 3.05) is 7.11 Å². The molecule has 0 fully saturated rings. The van der Waals surface area contributed by atoms with E-state index in [0.29, 0.717) is 4.47 Å². The number of carbonyl (C=O) groups is 1. The minimum Gasteiger partial charge on any atom is -0.501 e. The molecule has 0 saturated carbocycles. The first-order valence-corrected chi connectivity index (χ1v) is 4.92. The van der Waals surface area contributed by atoms with Crippen LogP contribution < -0.4 is 5.56 Å². The van der Waals surface area contributed by atoms with E-state index in [9.17, 15) is 14.7 Å². The maximum Gasteiger partial charge on any atom is 0.360 e. The second-order valence-corrected chi connectivity index (χ2v) is 3.74. The predicted molar refractivity (Wildman–Crippen MR) is 56.5 cm³/mol. The quantitative estimate of drug-likeness (QED) is 0.734. The lowest BCUT2D eigenvalue weighted by Crippen LogP contribution is -2.19. The van der Waals surface area contributed by atoms with Gasteiger partial charge in [-0.2, -0.15) is 4.52 Å². The van der Waals surface area contributed by atoms with Gasteiger partial charge >= 0.3 is 11.5 Å². The van der Waals surface area contributed by atoms with Crippen LogP contribution in [0.3, 0.4) is 0 Å². The molecule has 0 aliphatic heterocycles. The number of fused-ring (bicyclic) bond motifs is 1. The summed E-state index contributed by atoms with van der Waals surface area (Å²) in [4.78, 5) is 26.7. The number of methoxy groups -OCH3 is 1. The molecule has 2 rings (SSSR count). The number of rotatable bonds is 1. The van der Waals surface area contributed by atoms with Gasteiger partial charge in [0, 0.05) is 6.20 Å². The first-order chi connectivity index (χ1) is 7.56. The van der Waals surface area contributed by atoms with E-state index in [1.165, 1.54) is 6.20 Å². The van der Waals surface area contributed by atoms with Crippen LogP contribution in [0.4, 0.5) is 0 Å². The molecule has 0 aromatic carbocycles. The Kier molecular flexibility index (Phi) is 2.43. The van der Waals surface area contributed by atoms with Crippen molar-refractivity contribution in [1.29, 1.82) is 0 Å². The van der Waals surface area contributed by atoms with Crippen molar-refractivity contribution in [3.05, 3.63) is 26.7 Å². The Morgan fingerprint density at radius 1 is 1.69 bits per heavy atom. The van der Waals surface area contributed by atoms with E-state index >= 15 is 0 Å². The van der Waals surface area contributed by atoms with Crippen molar-refractivity contribution < 1.29 is 14.6 Å². The highest BCUT2D eigenvalue weighted by atomic mass is 79.9. The largest absolute Gasteiger partial charge is 0.501 e. The van der Waals surface area contributed by atoms with Crippen LogP contribution in [-0.4, -0.2) is 32.8 Å². The molecule has 0 saturated heterocycles. The summed E-state index contributed by atoms with van der Waals surface area (Å²) >= 11 is 3.14. The summed E-state index contributed by atoms with van der Waals surface area (Å²) in [6, 6.07) is 0. The molecular weight excluding hydrogens is 282 g/mol. The fourth-order valence-electron chi connectivity index (χ4n) is 1.22. The number of aromatic nitrogens is 3. The van der Waals surface area contributed by atoms with Gasteiger partial charge < -0.3 is 9.84 Å². The summed E-state index contributed by atoms with van der Waals surface area (Å²) in [6.45, 7) is 0. The maximum absolute atomic E-state index is 11.6. The van der Waals surface area contributed by atoms with Crippen molar-refractivity contribution in [3.63, 3.8) is 0 Å². The molecule has 7 nitrogen and oxygen atoms in total. The number of nitrogens with one attached hydrogen (secondary N) is 1. The molecular formula is C8H6BrN3O4. The van der Waals surface area contributed by atoms with Gasteiger partial charge in [0.05, 0.1) is 11.6 Å².